The van der Waals surface area contributed by atoms with E-state index in [0.29, 0.717) is 11.5 Å². The summed E-state index contributed by atoms with van der Waals surface area (Å²) in [5.74, 6) is 1.40. The van der Waals surface area contributed by atoms with Crippen molar-refractivity contribution in [3.8, 4) is 11.5 Å². The molecule has 3 aromatic rings. The molecule has 23 heavy (non-hydrogen) atoms. The molecule has 122 valence electrons. The lowest BCUT2D eigenvalue weighted by Gasteiger charge is -2.10. The van der Waals surface area contributed by atoms with Crippen LogP contribution in [0.5, 0.6) is 11.5 Å². The molecule has 1 aromatic heterocycles. The van der Waals surface area contributed by atoms with Crippen LogP contribution in [0.15, 0.2) is 42.5 Å². The number of ether oxygens (including phenoxy) is 2. The zero-order chi connectivity index (χ0) is 15.7. The smallest absolute Gasteiger partial charge is 0.169 e. The van der Waals surface area contributed by atoms with E-state index in [-0.39, 0.29) is 23.5 Å². The molecule has 2 atom stereocenters. The van der Waals surface area contributed by atoms with Crippen molar-refractivity contribution in [1.82, 2.24) is 4.98 Å². The fourth-order valence-corrected chi connectivity index (χ4v) is 2.51. The predicted molar refractivity (Wildman–Crippen MR) is 98.4 cm³/mol. The summed E-state index contributed by atoms with van der Waals surface area (Å²) in [6.45, 7) is 3.55. The minimum Gasteiger partial charge on any atom is -0.475 e. The first kappa shape index (κ1) is 17.9. The number of halogens is 3. The number of fused-ring (bicyclic) bond motifs is 2. The van der Waals surface area contributed by atoms with Crippen LogP contribution in [0, 0.1) is 0 Å². The number of nitrogens with zero attached hydrogens (tertiary/aromatic N) is 1. The number of pyridine rings is 1. The summed E-state index contributed by atoms with van der Waals surface area (Å²) < 4.78 is 11.0. The molecule has 0 amide bonds. The summed E-state index contributed by atoms with van der Waals surface area (Å²) in [4.78, 5) is 4.67. The van der Waals surface area contributed by atoms with Gasteiger partial charge in [0.05, 0.1) is 11.0 Å². The van der Waals surface area contributed by atoms with Crippen molar-refractivity contribution in [2.75, 3.05) is 0 Å². The number of benzene rings is 2. The average molecular weight is 373 g/mol. The zero-order valence-electron chi connectivity index (χ0n) is 12.6. The molecule has 0 aliphatic heterocycles. The van der Waals surface area contributed by atoms with Crippen LogP contribution in [0.2, 0.25) is 0 Å². The topological polar surface area (TPSA) is 31.4 Å². The highest BCUT2D eigenvalue weighted by atomic mass is 35.5. The molecule has 0 aliphatic carbocycles. The van der Waals surface area contributed by atoms with Crippen LogP contribution in [0.3, 0.4) is 0 Å². The first-order chi connectivity index (χ1) is 10.5. The molecule has 0 N–H and O–H groups in total. The van der Waals surface area contributed by atoms with E-state index >= 15 is 0 Å². The Hall–Kier alpha value is -1.42. The third kappa shape index (κ3) is 4.31. The maximum absolute atomic E-state index is 5.86. The third-order valence-corrected chi connectivity index (χ3v) is 3.33. The minimum atomic E-state index is -0.386. The molecule has 6 heteroatoms. The van der Waals surface area contributed by atoms with Gasteiger partial charge in [-0.25, -0.2) is 4.98 Å². The van der Waals surface area contributed by atoms with E-state index in [1.165, 1.54) is 0 Å². The number of hydrogen-bond donors (Lipinski definition) is 0. The second-order valence-electron chi connectivity index (χ2n) is 5.02. The Morgan fingerprint density at radius 1 is 0.783 bits per heavy atom. The van der Waals surface area contributed by atoms with Crippen LogP contribution in [0.1, 0.15) is 13.8 Å². The maximum Gasteiger partial charge on any atom is 0.169 e. The van der Waals surface area contributed by atoms with Gasteiger partial charge in [0.2, 0.25) is 0 Å². The molecular weight excluding hydrogens is 357 g/mol. The fourth-order valence-electron chi connectivity index (χ4n) is 2.30. The minimum absolute atomic E-state index is 0. The van der Waals surface area contributed by atoms with Gasteiger partial charge in [-0.3, -0.25) is 0 Å². The van der Waals surface area contributed by atoms with Crippen LogP contribution in [0.4, 0.5) is 0 Å². The van der Waals surface area contributed by atoms with E-state index in [0.717, 1.165) is 21.8 Å². The van der Waals surface area contributed by atoms with Gasteiger partial charge in [0.15, 0.2) is 11.1 Å². The largest absolute Gasteiger partial charge is 0.475 e. The van der Waals surface area contributed by atoms with Crippen LogP contribution < -0.4 is 9.47 Å². The summed E-state index contributed by atoms with van der Waals surface area (Å²) in [5, 5.41) is 2.09. The van der Waals surface area contributed by atoms with E-state index in [9.17, 15) is 0 Å². The Kier molecular flexibility index (Phi) is 5.79. The highest BCUT2D eigenvalue weighted by Crippen LogP contribution is 2.27. The SMILES string of the molecule is CC(Cl)Oc1ccc2cc3ccc(OC(C)Cl)cc3nc2c1.Cl. The summed E-state index contributed by atoms with van der Waals surface area (Å²) in [6.07, 6.45) is 0. The predicted octanol–water partition coefficient (Wildman–Crippen LogP) is 5.74. The van der Waals surface area contributed by atoms with E-state index in [4.69, 9.17) is 32.7 Å². The van der Waals surface area contributed by atoms with Gasteiger partial charge in [-0.05, 0) is 44.2 Å². The third-order valence-electron chi connectivity index (χ3n) is 3.15. The maximum atomic E-state index is 5.86. The molecule has 0 saturated heterocycles. The quantitative estimate of drug-likeness (QED) is 0.432. The van der Waals surface area contributed by atoms with Gasteiger partial charge in [0.1, 0.15) is 11.5 Å². The van der Waals surface area contributed by atoms with Gasteiger partial charge in [0.25, 0.3) is 0 Å². The molecular formula is C17H16Cl3NO2. The van der Waals surface area contributed by atoms with Crippen molar-refractivity contribution < 1.29 is 9.47 Å². The Balaban J connectivity index is 0.00000192. The van der Waals surface area contributed by atoms with Crippen molar-refractivity contribution in [2.45, 2.75) is 25.0 Å². The lowest BCUT2D eigenvalue weighted by atomic mass is 10.1. The Morgan fingerprint density at radius 3 is 1.61 bits per heavy atom. The Bertz CT molecular complexity index is 756. The van der Waals surface area contributed by atoms with Crippen LogP contribution in [-0.4, -0.2) is 16.1 Å². The van der Waals surface area contributed by atoms with E-state index < -0.39 is 0 Å². The van der Waals surface area contributed by atoms with Gasteiger partial charge in [-0.15, -0.1) is 12.4 Å². The normalized spacial score (nSPS) is 13.4. The molecule has 1 heterocycles. The lowest BCUT2D eigenvalue weighted by Crippen LogP contribution is -2.02. The molecule has 0 spiro atoms. The molecule has 3 rings (SSSR count). The standard InChI is InChI=1S/C17H15Cl2NO2.ClH/c1-10(18)21-14-5-3-12-7-13-4-6-15(22-11(2)19)9-17(13)20-16(12)8-14;/h3-11H,1-2H3;1H. The van der Waals surface area contributed by atoms with Gasteiger partial charge in [-0.1, -0.05) is 23.2 Å². The summed E-state index contributed by atoms with van der Waals surface area (Å²) in [6, 6.07) is 13.6. The Labute approximate surface area is 150 Å². The molecule has 0 fully saturated rings. The molecule has 2 aromatic carbocycles. The van der Waals surface area contributed by atoms with Gasteiger partial charge >= 0.3 is 0 Å². The van der Waals surface area contributed by atoms with E-state index in [1.807, 2.05) is 36.4 Å². The molecule has 2 unspecified atom stereocenters. The molecule has 0 radical (unpaired) electrons. The molecule has 0 bridgehead atoms. The van der Waals surface area contributed by atoms with Crippen LogP contribution in [0.25, 0.3) is 21.8 Å². The lowest BCUT2D eigenvalue weighted by molar-refractivity contribution is 0.301. The molecule has 0 aliphatic rings. The molecule has 0 saturated carbocycles. The van der Waals surface area contributed by atoms with E-state index in [2.05, 4.69) is 11.1 Å². The number of alkyl halides is 2. The van der Waals surface area contributed by atoms with Crippen molar-refractivity contribution >= 4 is 57.4 Å². The van der Waals surface area contributed by atoms with Crippen LogP contribution >= 0.6 is 35.6 Å². The monoisotopic (exact) mass is 371 g/mol. The van der Waals surface area contributed by atoms with E-state index in [1.54, 1.807) is 13.8 Å². The fraction of sp³-hybridized carbons (Fsp3) is 0.235. The highest BCUT2D eigenvalue weighted by molar-refractivity contribution is 6.19. The van der Waals surface area contributed by atoms with Gasteiger partial charge < -0.3 is 9.47 Å². The molecule has 3 nitrogen and oxygen atoms in total. The van der Waals surface area contributed by atoms with Crippen molar-refractivity contribution in [1.29, 1.82) is 0 Å². The van der Waals surface area contributed by atoms with Crippen LogP contribution in [-0.2, 0) is 0 Å². The summed E-state index contributed by atoms with van der Waals surface area (Å²) in [5.41, 5.74) is 0.919. The van der Waals surface area contributed by atoms with Crippen molar-refractivity contribution in [2.24, 2.45) is 0 Å². The average Bonchev–Trinajstić information content (AvgIpc) is 2.43. The number of aromatic nitrogens is 1. The Morgan fingerprint density at radius 2 is 1.22 bits per heavy atom. The second-order valence-corrected chi connectivity index (χ2v) is 6.25. The first-order valence-electron chi connectivity index (χ1n) is 6.97. The second kappa shape index (κ2) is 7.43. The summed E-state index contributed by atoms with van der Waals surface area (Å²) >= 11 is 11.7. The van der Waals surface area contributed by atoms with Crippen molar-refractivity contribution in [3.05, 3.63) is 42.5 Å². The first-order valence-corrected chi connectivity index (χ1v) is 7.84. The number of hydrogen-bond acceptors (Lipinski definition) is 3. The summed E-state index contributed by atoms with van der Waals surface area (Å²) in [7, 11) is 0. The highest BCUT2D eigenvalue weighted by Gasteiger charge is 2.06. The van der Waals surface area contributed by atoms with Crippen molar-refractivity contribution in [3.63, 3.8) is 0 Å². The number of rotatable bonds is 4. The van der Waals surface area contributed by atoms with Gasteiger partial charge in [-0.2, -0.15) is 0 Å². The zero-order valence-corrected chi connectivity index (χ0v) is 15.0. The van der Waals surface area contributed by atoms with Gasteiger partial charge in [0, 0.05) is 22.9 Å².